The molecule has 192 valence electrons. The van der Waals surface area contributed by atoms with Gasteiger partial charge in [-0.05, 0) is 0 Å². The van der Waals surface area contributed by atoms with Crippen LogP contribution in [0.25, 0.3) is 11.2 Å². The predicted octanol–water partition coefficient (Wildman–Crippen LogP) is -0.461. The van der Waals surface area contributed by atoms with E-state index in [1.165, 1.54) is 0 Å². The largest absolute Gasteiger partial charge is 0.490 e. The number of nitrogens with zero attached hydrogens (tertiary/aromatic N) is 4. The van der Waals surface area contributed by atoms with E-state index in [4.69, 9.17) is 37.6 Å². The van der Waals surface area contributed by atoms with E-state index in [1.54, 1.807) is 0 Å². The van der Waals surface area contributed by atoms with Crippen LogP contribution in [0.4, 0.5) is 16.2 Å². The van der Waals surface area contributed by atoms with Gasteiger partial charge in [0.25, 0.3) is 0 Å². The maximum atomic E-state index is 15.0. The Hall–Kier alpha value is -1.30. The van der Waals surface area contributed by atoms with Crippen molar-refractivity contribution >= 4 is 58.0 Å². The number of aliphatic hydroxyl groups is 1. The van der Waals surface area contributed by atoms with Crippen LogP contribution in [-0.4, -0.2) is 74.6 Å². The van der Waals surface area contributed by atoms with Gasteiger partial charge >= 0.3 is 23.5 Å². The third kappa shape index (κ3) is 5.74. The molecule has 23 heteroatoms. The summed E-state index contributed by atoms with van der Waals surface area (Å²) in [6.45, 7) is -1.20. The average Bonchev–Trinajstić information content (AvgIpc) is 3.18. The summed E-state index contributed by atoms with van der Waals surface area (Å²) < 4.78 is 67.3. The lowest BCUT2D eigenvalue weighted by Gasteiger charge is -2.29. The fourth-order valence-electron chi connectivity index (χ4n) is 2.94. The number of aromatic nitrogens is 4. The van der Waals surface area contributed by atoms with Crippen molar-refractivity contribution in [1.82, 2.24) is 19.5 Å². The Morgan fingerprint density at radius 2 is 1.82 bits per heavy atom. The van der Waals surface area contributed by atoms with Crippen molar-refractivity contribution in [2.45, 2.75) is 24.1 Å². The van der Waals surface area contributed by atoms with Crippen LogP contribution >= 0.6 is 35.1 Å². The first-order chi connectivity index (χ1) is 15.5. The van der Waals surface area contributed by atoms with E-state index in [0.29, 0.717) is 0 Å². The summed E-state index contributed by atoms with van der Waals surface area (Å²) in [7, 11) is -17.0. The molecule has 2 aromatic heterocycles. The van der Waals surface area contributed by atoms with Crippen LogP contribution in [0.2, 0.25) is 0 Å². The van der Waals surface area contributed by atoms with Crippen LogP contribution in [-0.2, 0) is 31.6 Å². The summed E-state index contributed by atoms with van der Waals surface area (Å²) in [5.74, 6) is -1.16. The molecule has 3 rings (SSSR count). The first-order valence-corrected chi connectivity index (χ1v) is 13.6. The number of hydrogen-bond acceptors (Lipinski definition) is 13. The summed E-state index contributed by atoms with van der Waals surface area (Å²) in [4.78, 5) is 47.4. The van der Waals surface area contributed by atoms with Crippen molar-refractivity contribution in [3.63, 3.8) is 0 Å². The molecule has 0 spiro atoms. The van der Waals surface area contributed by atoms with Crippen molar-refractivity contribution in [3.05, 3.63) is 6.33 Å². The second-order valence-electron chi connectivity index (χ2n) is 6.75. The zero-order chi connectivity index (χ0) is 25.7. The molecule has 0 aliphatic carbocycles. The first kappa shape index (κ1) is 27.3. The molecule has 18 nitrogen and oxygen atoms in total. The van der Waals surface area contributed by atoms with Crippen molar-refractivity contribution in [3.8, 4) is 0 Å². The molecular weight excluding hydrogens is 556 g/mol. The Morgan fingerprint density at radius 1 is 1.18 bits per heavy atom. The third-order valence-electron chi connectivity index (χ3n) is 4.32. The number of phosphoric ester groups is 1. The number of rotatable bonds is 9. The number of hydrogen-bond donors (Lipinski definition) is 7. The summed E-state index contributed by atoms with van der Waals surface area (Å²) >= 11 is 5.80. The second-order valence-corrected chi connectivity index (χ2v) is 11.4. The van der Waals surface area contributed by atoms with Gasteiger partial charge in [0.1, 0.15) is 17.2 Å². The number of ether oxygens (including phenoxy) is 1. The SMILES string of the molecule is Nc1nc(N)c2ncn([C@@H]3O[C@](CCl)(COP(=O)(O)OP(=O)(O)OP(=O)(O)O)[C@@H](O)[C@H]3F)c2n1. The van der Waals surface area contributed by atoms with E-state index in [9.17, 15) is 28.6 Å². The molecule has 1 aliphatic rings. The molecule has 1 saturated heterocycles. The van der Waals surface area contributed by atoms with Gasteiger partial charge in [0.15, 0.2) is 23.9 Å². The number of alkyl halides is 2. The van der Waals surface area contributed by atoms with E-state index in [1.807, 2.05) is 0 Å². The highest BCUT2D eigenvalue weighted by Gasteiger charge is 2.57. The van der Waals surface area contributed by atoms with Crippen LogP contribution in [0.5, 0.6) is 0 Å². The van der Waals surface area contributed by atoms with E-state index in [-0.39, 0.29) is 22.9 Å². The van der Waals surface area contributed by atoms with Crippen LogP contribution in [0.1, 0.15) is 6.23 Å². The molecule has 1 fully saturated rings. The molecule has 1 aliphatic heterocycles. The molecular formula is C11H17ClFN6O12P3. The number of halogens is 2. The standard InChI is InChI=1S/C11H17ClFN6O12P3/c12-1-11(2-28-33(24,25)31-34(26,27)30-32(21,22)23)6(20)4(13)9(29-11)19-3-16-5-7(14)17-10(15)18-8(5)19/h3-4,6,9,20H,1-2H2,(H,24,25)(H,26,27)(H2,21,22,23)(H4,14,15,17,18)/t4-,6+,9-,11-/m1/s1. The minimum Gasteiger partial charge on any atom is -0.387 e. The lowest BCUT2D eigenvalue weighted by molar-refractivity contribution is -0.111. The van der Waals surface area contributed by atoms with Crippen molar-refractivity contribution in [1.29, 1.82) is 0 Å². The molecule has 6 atom stereocenters. The summed E-state index contributed by atoms with van der Waals surface area (Å²) in [6, 6.07) is 0. The molecule has 0 radical (unpaired) electrons. The van der Waals surface area contributed by atoms with Gasteiger partial charge in [-0.15, -0.1) is 11.6 Å². The number of fused-ring (bicyclic) bond motifs is 1. The third-order valence-corrected chi connectivity index (χ3v) is 8.56. The van der Waals surface area contributed by atoms with Crippen molar-refractivity contribution in [2.75, 3.05) is 24.0 Å². The minimum atomic E-state index is -5.81. The molecule has 0 saturated carbocycles. The first-order valence-electron chi connectivity index (χ1n) is 8.59. The van der Waals surface area contributed by atoms with Gasteiger partial charge in [0, 0.05) is 0 Å². The Bertz CT molecular complexity index is 1230. The van der Waals surface area contributed by atoms with Crippen molar-refractivity contribution < 1.29 is 60.6 Å². The molecule has 0 bridgehead atoms. The van der Waals surface area contributed by atoms with Gasteiger partial charge in [-0.25, -0.2) is 23.1 Å². The molecule has 0 amide bonds. The normalized spacial score (nSPS) is 29.2. The predicted molar refractivity (Wildman–Crippen MR) is 108 cm³/mol. The van der Waals surface area contributed by atoms with Gasteiger partial charge in [0.05, 0.1) is 18.8 Å². The number of aliphatic hydroxyl groups excluding tert-OH is 1. The second kappa shape index (κ2) is 9.29. The van der Waals surface area contributed by atoms with Crippen LogP contribution in [0.3, 0.4) is 0 Å². The molecule has 0 aromatic carbocycles. The van der Waals surface area contributed by atoms with E-state index < -0.39 is 60.1 Å². The molecule has 9 N–H and O–H groups in total. The average molecular weight is 573 g/mol. The summed E-state index contributed by atoms with van der Waals surface area (Å²) in [5.41, 5.74) is 8.93. The van der Waals surface area contributed by atoms with Crippen LogP contribution < -0.4 is 11.5 Å². The maximum Gasteiger partial charge on any atom is 0.490 e. The smallest absolute Gasteiger partial charge is 0.387 e. The number of imidazole rings is 1. The Morgan fingerprint density at radius 3 is 2.41 bits per heavy atom. The quantitative estimate of drug-likeness (QED) is 0.148. The molecule has 3 heterocycles. The minimum absolute atomic E-state index is 0.0242. The van der Waals surface area contributed by atoms with E-state index >= 15 is 4.39 Å². The van der Waals surface area contributed by atoms with Gasteiger partial charge in [-0.2, -0.15) is 18.6 Å². The Labute approximate surface area is 193 Å². The highest BCUT2D eigenvalue weighted by Crippen LogP contribution is 2.66. The number of nitrogens with two attached hydrogens (primary N) is 2. The Kier molecular flexibility index (Phi) is 7.46. The number of phosphoric acid groups is 3. The fourth-order valence-corrected chi connectivity index (χ4v) is 6.31. The van der Waals surface area contributed by atoms with Crippen LogP contribution in [0.15, 0.2) is 6.33 Å². The lowest BCUT2D eigenvalue weighted by Crippen LogP contribution is -2.47. The highest BCUT2D eigenvalue weighted by atomic mass is 35.5. The highest BCUT2D eigenvalue weighted by molar-refractivity contribution is 7.66. The van der Waals surface area contributed by atoms with Gasteiger partial charge in [-0.1, -0.05) is 0 Å². The number of anilines is 2. The fraction of sp³-hybridized carbons (Fsp3) is 0.545. The topological polar surface area (TPSA) is 285 Å². The summed E-state index contributed by atoms with van der Waals surface area (Å²) in [5, 5.41) is 10.4. The summed E-state index contributed by atoms with van der Waals surface area (Å²) in [6.07, 6.45) is -4.99. The van der Waals surface area contributed by atoms with E-state index in [0.717, 1.165) is 10.9 Å². The maximum absolute atomic E-state index is 15.0. The molecule has 2 aromatic rings. The van der Waals surface area contributed by atoms with Gasteiger partial charge in [0.2, 0.25) is 5.95 Å². The lowest BCUT2D eigenvalue weighted by atomic mass is 9.99. The van der Waals surface area contributed by atoms with Gasteiger partial charge in [-0.3, -0.25) is 9.09 Å². The Balaban J connectivity index is 1.83. The zero-order valence-corrected chi connectivity index (χ0v) is 19.8. The van der Waals surface area contributed by atoms with Gasteiger partial charge < -0.3 is 40.9 Å². The van der Waals surface area contributed by atoms with Crippen LogP contribution in [0, 0.1) is 0 Å². The monoisotopic (exact) mass is 572 g/mol. The molecule has 34 heavy (non-hydrogen) atoms. The number of nitrogen functional groups attached to an aromatic ring is 2. The van der Waals surface area contributed by atoms with E-state index in [2.05, 4.69) is 28.1 Å². The van der Waals surface area contributed by atoms with Crippen molar-refractivity contribution in [2.24, 2.45) is 0 Å². The zero-order valence-electron chi connectivity index (χ0n) is 16.4. The molecule has 2 unspecified atom stereocenters.